The van der Waals surface area contributed by atoms with Gasteiger partial charge in [-0.25, -0.2) is 4.68 Å². The van der Waals surface area contributed by atoms with Crippen LogP contribution in [0.1, 0.15) is 17.2 Å². The Balaban J connectivity index is 1.49. The maximum Gasteiger partial charge on any atom is 0.191 e. The summed E-state index contributed by atoms with van der Waals surface area (Å²) in [5, 5.41) is 11.1. The molecule has 0 bridgehead atoms. The molecule has 1 aromatic heterocycles. The largest absolute Gasteiger partial charge is 0.497 e. The van der Waals surface area contributed by atoms with Crippen LogP contribution in [0.4, 0.5) is 0 Å². The molecule has 0 aliphatic rings. The lowest BCUT2D eigenvalue weighted by molar-refractivity contribution is 0.298. The van der Waals surface area contributed by atoms with Crippen molar-refractivity contribution in [2.45, 2.75) is 12.5 Å². The lowest BCUT2D eigenvalue weighted by atomic mass is 10.1. The fourth-order valence-electron chi connectivity index (χ4n) is 3.40. The number of aliphatic imine (C=N–C) groups is 1. The van der Waals surface area contributed by atoms with Crippen LogP contribution in [0.3, 0.4) is 0 Å². The van der Waals surface area contributed by atoms with Gasteiger partial charge in [0.1, 0.15) is 5.75 Å². The van der Waals surface area contributed by atoms with Crippen molar-refractivity contribution in [1.82, 2.24) is 25.3 Å². The lowest BCUT2D eigenvalue weighted by Gasteiger charge is -2.26. The Morgan fingerprint density at radius 3 is 2.42 bits per heavy atom. The van der Waals surface area contributed by atoms with Gasteiger partial charge in [0.2, 0.25) is 0 Å². The standard InChI is InChI=1S/C24H32N6O/c1-25-24(27-18-23(29(2)3)20-8-12-22(31-4)13-9-20)26-16-14-19-6-10-21(11-7-19)30-17-5-15-28-30/h5-13,15,17,23H,14,16,18H2,1-4H3,(H2,25,26,27). The van der Waals surface area contributed by atoms with E-state index in [1.807, 2.05) is 29.1 Å². The number of nitrogens with zero attached hydrogens (tertiary/aromatic N) is 4. The zero-order valence-electron chi connectivity index (χ0n) is 18.7. The summed E-state index contributed by atoms with van der Waals surface area (Å²) in [5.41, 5.74) is 3.56. The summed E-state index contributed by atoms with van der Waals surface area (Å²) in [6, 6.07) is 18.8. The molecule has 31 heavy (non-hydrogen) atoms. The van der Waals surface area contributed by atoms with Gasteiger partial charge in [0.25, 0.3) is 0 Å². The molecule has 1 atom stereocenters. The minimum absolute atomic E-state index is 0.222. The monoisotopic (exact) mass is 420 g/mol. The molecular weight excluding hydrogens is 388 g/mol. The van der Waals surface area contributed by atoms with E-state index >= 15 is 0 Å². The molecule has 7 heteroatoms. The quantitative estimate of drug-likeness (QED) is 0.412. The van der Waals surface area contributed by atoms with Crippen molar-refractivity contribution in [3.8, 4) is 11.4 Å². The number of guanidine groups is 1. The van der Waals surface area contributed by atoms with Crippen LogP contribution < -0.4 is 15.4 Å². The van der Waals surface area contributed by atoms with E-state index in [1.165, 1.54) is 11.1 Å². The van der Waals surface area contributed by atoms with Crippen molar-refractivity contribution in [2.24, 2.45) is 4.99 Å². The third kappa shape index (κ3) is 6.33. The summed E-state index contributed by atoms with van der Waals surface area (Å²) in [6.45, 7) is 1.55. The summed E-state index contributed by atoms with van der Waals surface area (Å²) in [6.07, 6.45) is 4.64. The van der Waals surface area contributed by atoms with Gasteiger partial charge in [-0.15, -0.1) is 0 Å². The first-order valence-electron chi connectivity index (χ1n) is 10.4. The molecule has 3 rings (SSSR count). The van der Waals surface area contributed by atoms with Gasteiger partial charge in [-0.2, -0.15) is 5.10 Å². The molecule has 0 saturated carbocycles. The molecule has 0 spiro atoms. The van der Waals surface area contributed by atoms with Gasteiger partial charge in [-0.3, -0.25) is 4.99 Å². The Bertz CT molecular complexity index is 933. The Morgan fingerprint density at radius 1 is 1.10 bits per heavy atom. The third-order valence-corrected chi connectivity index (χ3v) is 5.22. The zero-order chi connectivity index (χ0) is 22.1. The van der Waals surface area contributed by atoms with Crippen molar-refractivity contribution < 1.29 is 4.74 Å². The van der Waals surface area contributed by atoms with Gasteiger partial charge in [-0.1, -0.05) is 24.3 Å². The number of ether oxygens (including phenoxy) is 1. The van der Waals surface area contributed by atoms with Crippen LogP contribution in [0, 0.1) is 0 Å². The molecule has 0 radical (unpaired) electrons. The number of likely N-dealkylation sites (N-methyl/N-ethyl adjacent to an activating group) is 1. The number of rotatable bonds is 9. The SMILES string of the molecule is CN=C(NCCc1ccc(-n2cccn2)cc1)NCC(c1ccc(OC)cc1)N(C)C. The number of benzene rings is 2. The summed E-state index contributed by atoms with van der Waals surface area (Å²) in [5.74, 6) is 1.66. The van der Waals surface area contributed by atoms with Gasteiger partial charge in [0.15, 0.2) is 5.96 Å². The second kappa shape index (κ2) is 11.2. The topological polar surface area (TPSA) is 66.7 Å². The normalized spacial score (nSPS) is 12.6. The summed E-state index contributed by atoms with van der Waals surface area (Å²) in [4.78, 5) is 6.56. The Morgan fingerprint density at radius 2 is 1.84 bits per heavy atom. The van der Waals surface area contributed by atoms with Crippen molar-refractivity contribution in [3.63, 3.8) is 0 Å². The molecule has 0 fully saturated rings. The van der Waals surface area contributed by atoms with E-state index in [2.05, 4.69) is 76.1 Å². The van der Waals surface area contributed by atoms with Crippen LogP contribution >= 0.6 is 0 Å². The summed E-state index contributed by atoms with van der Waals surface area (Å²) >= 11 is 0. The molecule has 1 heterocycles. The average Bonchev–Trinajstić information content (AvgIpc) is 3.33. The van der Waals surface area contributed by atoms with Crippen LogP contribution in [0.2, 0.25) is 0 Å². The lowest BCUT2D eigenvalue weighted by Crippen LogP contribution is -2.42. The van der Waals surface area contributed by atoms with E-state index in [0.717, 1.165) is 36.9 Å². The van der Waals surface area contributed by atoms with Crippen LogP contribution in [0.25, 0.3) is 5.69 Å². The second-order valence-corrected chi connectivity index (χ2v) is 7.50. The van der Waals surface area contributed by atoms with Crippen molar-refractivity contribution in [3.05, 3.63) is 78.1 Å². The highest BCUT2D eigenvalue weighted by molar-refractivity contribution is 5.79. The molecular formula is C24H32N6O. The summed E-state index contributed by atoms with van der Waals surface area (Å²) < 4.78 is 7.13. The molecule has 164 valence electrons. The Labute approximate surface area is 184 Å². The van der Waals surface area contributed by atoms with E-state index in [1.54, 1.807) is 20.4 Å². The molecule has 3 aromatic rings. The minimum Gasteiger partial charge on any atom is -0.497 e. The predicted octanol–water partition coefficient (Wildman–Crippen LogP) is 2.89. The van der Waals surface area contributed by atoms with Crippen LogP contribution in [0.5, 0.6) is 5.75 Å². The van der Waals surface area contributed by atoms with E-state index in [-0.39, 0.29) is 6.04 Å². The third-order valence-electron chi connectivity index (χ3n) is 5.22. The molecule has 0 aliphatic heterocycles. The highest BCUT2D eigenvalue weighted by Gasteiger charge is 2.14. The van der Waals surface area contributed by atoms with Crippen molar-refractivity contribution in [1.29, 1.82) is 0 Å². The Kier molecular flexibility index (Phi) is 8.06. The van der Waals surface area contributed by atoms with Crippen molar-refractivity contribution in [2.75, 3.05) is 41.3 Å². The maximum atomic E-state index is 5.27. The minimum atomic E-state index is 0.222. The van der Waals surface area contributed by atoms with Gasteiger partial charge >= 0.3 is 0 Å². The molecule has 0 aliphatic carbocycles. The first kappa shape index (κ1) is 22.4. The van der Waals surface area contributed by atoms with Gasteiger partial charge < -0.3 is 20.3 Å². The van der Waals surface area contributed by atoms with Gasteiger partial charge in [-0.05, 0) is 62.0 Å². The van der Waals surface area contributed by atoms with E-state index in [4.69, 9.17) is 4.74 Å². The summed E-state index contributed by atoms with van der Waals surface area (Å²) in [7, 11) is 7.65. The molecule has 2 aromatic carbocycles. The fraction of sp³-hybridized carbons (Fsp3) is 0.333. The first-order chi connectivity index (χ1) is 15.1. The van der Waals surface area contributed by atoms with E-state index < -0.39 is 0 Å². The number of methoxy groups -OCH3 is 1. The van der Waals surface area contributed by atoms with Gasteiger partial charge in [0.05, 0.1) is 18.8 Å². The van der Waals surface area contributed by atoms with Crippen LogP contribution in [0.15, 0.2) is 72.0 Å². The number of nitrogens with one attached hydrogen (secondary N) is 2. The molecule has 7 nitrogen and oxygen atoms in total. The smallest absolute Gasteiger partial charge is 0.191 e. The van der Waals surface area contributed by atoms with Crippen molar-refractivity contribution >= 4 is 5.96 Å². The zero-order valence-corrected chi connectivity index (χ0v) is 18.7. The second-order valence-electron chi connectivity index (χ2n) is 7.50. The highest BCUT2D eigenvalue weighted by atomic mass is 16.5. The van der Waals surface area contributed by atoms with E-state index in [9.17, 15) is 0 Å². The van der Waals surface area contributed by atoms with Crippen LogP contribution in [-0.4, -0.2) is 62.0 Å². The molecule has 0 saturated heterocycles. The van der Waals surface area contributed by atoms with E-state index in [0.29, 0.717) is 0 Å². The molecule has 1 unspecified atom stereocenters. The maximum absolute atomic E-state index is 5.27. The highest BCUT2D eigenvalue weighted by Crippen LogP contribution is 2.20. The number of hydrogen-bond donors (Lipinski definition) is 2. The molecule has 2 N–H and O–H groups in total. The number of aromatic nitrogens is 2. The Hall–Kier alpha value is -3.32. The average molecular weight is 421 g/mol. The van der Waals surface area contributed by atoms with Gasteiger partial charge in [0, 0.05) is 32.5 Å². The number of hydrogen-bond acceptors (Lipinski definition) is 4. The van der Waals surface area contributed by atoms with Crippen LogP contribution in [-0.2, 0) is 6.42 Å². The fourth-order valence-corrected chi connectivity index (χ4v) is 3.40. The predicted molar refractivity (Wildman–Crippen MR) is 126 cm³/mol. The molecule has 0 amide bonds. The first-order valence-corrected chi connectivity index (χ1v) is 10.4.